The van der Waals surface area contributed by atoms with Gasteiger partial charge in [0.05, 0.1) is 5.56 Å². The zero-order valence-corrected chi connectivity index (χ0v) is 15.7. The zero-order valence-electron chi connectivity index (χ0n) is 14.8. The van der Waals surface area contributed by atoms with Crippen LogP contribution in [0.2, 0.25) is 0 Å². The lowest BCUT2D eigenvalue weighted by Gasteiger charge is -2.29. The summed E-state index contributed by atoms with van der Waals surface area (Å²) in [6, 6.07) is 8.24. The smallest absolute Gasteiger partial charge is 0.288 e. The van der Waals surface area contributed by atoms with Crippen molar-refractivity contribution in [3.05, 3.63) is 47.9 Å². The summed E-state index contributed by atoms with van der Waals surface area (Å²) in [6.07, 6.45) is 5.52. The first-order valence-corrected chi connectivity index (χ1v) is 9.67. The van der Waals surface area contributed by atoms with Gasteiger partial charge in [-0.3, -0.25) is 4.79 Å². The fourth-order valence-corrected chi connectivity index (χ4v) is 3.72. The van der Waals surface area contributed by atoms with Crippen LogP contribution in [0.1, 0.15) is 41.7 Å². The first-order valence-electron chi connectivity index (χ1n) is 8.79. The molecule has 9 heteroatoms. The summed E-state index contributed by atoms with van der Waals surface area (Å²) in [5, 5.41) is 12.0. The van der Waals surface area contributed by atoms with Crippen LogP contribution < -0.4 is 10.1 Å². The van der Waals surface area contributed by atoms with E-state index in [0.717, 1.165) is 0 Å². The van der Waals surface area contributed by atoms with Gasteiger partial charge >= 0.3 is 0 Å². The third kappa shape index (κ3) is 5.16. The van der Waals surface area contributed by atoms with Crippen molar-refractivity contribution in [3.8, 4) is 11.9 Å². The van der Waals surface area contributed by atoms with E-state index in [-0.39, 0.29) is 40.1 Å². The number of alkyl halides is 2. The number of aromatic nitrogens is 2. The molecule has 0 radical (unpaired) electrons. The summed E-state index contributed by atoms with van der Waals surface area (Å²) in [6.45, 7) is 0. The Morgan fingerprint density at radius 2 is 1.93 bits per heavy atom. The van der Waals surface area contributed by atoms with E-state index in [1.807, 2.05) is 6.07 Å². The van der Waals surface area contributed by atoms with Crippen molar-refractivity contribution >= 4 is 17.7 Å². The lowest BCUT2D eigenvalue weighted by atomic mass is 9.92. The lowest BCUT2D eigenvalue weighted by Crippen LogP contribution is -2.40. The van der Waals surface area contributed by atoms with Crippen molar-refractivity contribution in [2.24, 2.45) is 0 Å². The van der Waals surface area contributed by atoms with Gasteiger partial charge < -0.3 is 10.1 Å². The highest BCUT2D eigenvalue weighted by atomic mass is 32.2. The van der Waals surface area contributed by atoms with Crippen LogP contribution in [0.15, 0.2) is 41.6 Å². The third-order valence-electron chi connectivity index (χ3n) is 4.41. The molecule has 0 bridgehead atoms. The summed E-state index contributed by atoms with van der Waals surface area (Å²) in [5.74, 6) is -2.72. The van der Waals surface area contributed by atoms with Crippen LogP contribution in [-0.4, -0.2) is 33.8 Å². The number of nitrogens with one attached hydrogen (secondary N) is 1. The number of carbonyl (C=O) groups excluding carboxylic acids is 1. The van der Waals surface area contributed by atoms with Crippen molar-refractivity contribution in [2.75, 3.05) is 0 Å². The molecule has 1 aliphatic carbocycles. The topological polar surface area (TPSA) is 87.9 Å². The Morgan fingerprint density at radius 3 is 2.64 bits per heavy atom. The number of thioether (sulfide) groups is 1. The number of nitrogens with zero attached hydrogens (tertiary/aromatic N) is 3. The second-order valence-corrected chi connectivity index (χ2v) is 7.29. The third-order valence-corrected chi connectivity index (χ3v) is 5.19. The Morgan fingerprint density at radius 1 is 1.21 bits per heavy atom. The summed E-state index contributed by atoms with van der Waals surface area (Å²) in [5.41, 5.74) is 0.399. The molecule has 1 N–H and O–H groups in total. The predicted molar refractivity (Wildman–Crippen MR) is 99.2 cm³/mol. The van der Waals surface area contributed by atoms with Gasteiger partial charge in [-0.1, -0.05) is 23.9 Å². The van der Waals surface area contributed by atoms with Gasteiger partial charge in [0, 0.05) is 23.3 Å². The van der Waals surface area contributed by atoms with E-state index in [4.69, 9.17) is 10.00 Å². The molecular weight excluding hydrogens is 386 g/mol. The Kier molecular flexibility index (Phi) is 6.76. The summed E-state index contributed by atoms with van der Waals surface area (Å²) in [4.78, 5) is 20.7. The molecule has 0 saturated heterocycles. The van der Waals surface area contributed by atoms with Gasteiger partial charge in [-0.25, -0.2) is 9.97 Å². The zero-order chi connectivity index (χ0) is 19.9. The second kappa shape index (κ2) is 9.46. The molecule has 1 aromatic heterocycles. The molecular formula is C19H18F2N4O2S. The number of nitriles is 1. The van der Waals surface area contributed by atoms with E-state index in [1.54, 1.807) is 18.2 Å². The monoisotopic (exact) mass is 404 g/mol. The molecule has 0 unspecified atom stereocenters. The van der Waals surface area contributed by atoms with Crippen LogP contribution in [0.25, 0.3) is 0 Å². The Balaban J connectivity index is 1.55. The SMILES string of the molecule is N#Cc1nccnc1OC1CCC(NC(=O)c2ccccc2SC(F)F)CC1. The number of halogens is 2. The predicted octanol–water partition coefficient (Wildman–Crippen LogP) is 3.78. The van der Waals surface area contributed by atoms with Crippen LogP contribution >= 0.6 is 11.8 Å². The fourth-order valence-electron chi connectivity index (χ4n) is 3.09. The molecule has 1 fully saturated rings. The van der Waals surface area contributed by atoms with E-state index in [2.05, 4.69) is 15.3 Å². The maximum Gasteiger partial charge on any atom is 0.288 e. The first-order chi connectivity index (χ1) is 13.6. The molecule has 0 spiro atoms. The van der Waals surface area contributed by atoms with Crippen LogP contribution in [0.3, 0.4) is 0 Å². The van der Waals surface area contributed by atoms with Gasteiger partial charge in [-0.15, -0.1) is 0 Å². The molecule has 28 heavy (non-hydrogen) atoms. The number of carbonyl (C=O) groups is 1. The Labute approximate surface area is 165 Å². The summed E-state index contributed by atoms with van der Waals surface area (Å²) < 4.78 is 31.2. The van der Waals surface area contributed by atoms with Crippen molar-refractivity contribution < 1.29 is 18.3 Å². The highest BCUT2D eigenvalue weighted by Crippen LogP contribution is 2.29. The summed E-state index contributed by atoms with van der Waals surface area (Å²) in [7, 11) is 0. The fraction of sp³-hybridized carbons (Fsp3) is 0.368. The average molecular weight is 404 g/mol. The van der Waals surface area contributed by atoms with E-state index in [0.29, 0.717) is 37.4 Å². The standard InChI is InChI=1S/C19H18F2N4O2S/c20-19(21)28-16-4-2-1-3-14(16)17(26)25-12-5-7-13(8-6-12)27-18-15(11-22)23-9-10-24-18/h1-4,9-10,12-13,19H,5-8H2,(H,25,26). The molecule has 1 amide bonds. The Hall–Kier alpha value is -2.73. The molecule has 146 valence electrons. The van der Waals surface area contributed by atoms with Crippen molar-refractivity contribution in [1.82, 2.24) is 15.3 Å². The van der Waals surface area contributed by atoms with Gasteiger partial charge in [0.25, 0.3) is 17.5 Å². The number of ether oxygens (including phenoxy) is 1. The van der Waals surface area contributed by atoms with E-state index in [9.17, 15) is 13.6 Å². The van der Waals surface area contributed by atoms with Crippen LogP contribution in [0.4, 0.5) is 8.78 Å². The highest BCUT2D eigenvalue weighted by molar-refractivity contribution is 7.99. The van der Waals surface area contributed by atoms with Crippen LogP contribution in [0, 0.1) is 11.3 Å². The van der Waals surface area contributed by atoms with Gasteiger partial charge in [-0.05, 0) is 37.8 Å². The Bertz CT molecular complexity index is 867. The minimum Gasteiger partial charge on any atom is -0.472 e. The first kappa shape index (κ1) is 20.0. The molecule has 0 atom stereocenters. The maximum atomic E-state index is 12.7. The van der Waals surface area contributed by atoms with Gasteiger partial charge in [0.2, 0.25) is 5.69 Å². The number of hydrogen-bond acceptors (Lipinski definition) is 6. The number of hydrogen-bond donors (Lipinski definition) is 1. The number of benzene rings is 1. The molecule has 1 aliphatic rings. The molecule has 3 rings (SSSR count). The molecule has 1 saturated carbocycles. The largest absolute Gasteiger partial charge is 0.472 e. The lowest BCUT2D eigenvalue weighted by molar-refractivity contribution is 0.0886. The number of amides is 1. The maximum absolute atomic E-state index is 12.7. The highest BCUT2D eigenvalue weighted by Gasteiger charge is 2.26. The van der Waals surface area contributed by atoms with Gasteiger partial charge in [-0.2, -0.15) is 14.0 Å². The van der Waals surface area contributed by atoms with Gasteiger partial charge in [0.1, 0.15) is 12.2 Å². The summed E-state index contributed by atoms with van der Waals surface area (Å²) >= 11 is 0.367. The van der Waals surface area contributed by atoms with E-state index in [1.165, 1.54) is 18.5 Å². The quantitative estimate of drug-likeness (QED) is 0.737. The molecule has 1 heterocycles. The normalized spacial score (nSPS) is 19.1. The van der Waals surface area contributed by atoms with Crippen LogP contribution in [-0.2, 0) is 0 Å². The molecule has 1 aromatic carbocycles. The average Bonchev–Trinajstić information content (AvgIpc) is 2.70. The van der Waals surface area contributed by atoms with Crippen molar-refractivity contribution in [1.29, 1.82) is 5.26 Å². The van der Waals surface area contributed by atoms with E-state index >= 15 is 0 Å². The number of rotatable bonds is 6. The minimum absolute atomic E-state index is 0.0609. The molecule has 0 aliphatic heterocycles. The molecule has 6 nitrogen and oxygen atoms in total. The van der Waals surface area contributed by atoms with Gasteiger partial charge in [0.15, 0.2) is 0 Å². The molecule has 2 aromatic rings. The van der Waals surface area contributed by atoms with Crippen molar-refractivity contribution in [2.45, 2.75) is 48.5 Å². The van der Waals surface area contributed by atoms with Crippen LogP contribution in [0.5, 0.6) is 5.88 Å². The van der Waals surface area contributed by atoms with E-state index < -0.39 is 5.76 Å². The second-order valence-electron chi connectivity index (χ2n) is 6.26. The minimum atomic E-state index is -2.58. The van der Waals surface area contributed by atoms with Crippen molar-refractivity contribution in [3.63, 3.8) is 0 Å².